The zero-order valence-electron chi connectivity index (χ0n) is 12.0. The van der Waals surface area contributed by atoms with Gasteiger partial charge < -0.3 is 15.4 Å². The summed E-state index contributed by atoms with van der Waals surface area (Å²) >= 11 is 0. The summed E-state index contributed by atoms with van der Waals surface area (Å²) in [5.74, 6) is 1.22. The first kappa shape index (κ1) is 15.2. The number of ether oxygens (including phenoxy) is 1. The normalized spacial score (nSPS) is 10.3. The fraction of sp³-hybridized carbons (Fsp3) is 0.533. The number of rotatable bonds is 7. The quantitative estimate of drug-likeness (QED) is 0.766. The van der Waals surface area contributed by atoms with Crippen LogP contribution < -0.4 is 15.4 Å². The van der Waals surface area contributed by atoms with Crippen LogP contribution in [0.2, 0.25) is 0 Å². The van der Waals surface area contributed by atoms with Gasteiger partial charge in [-0.3, -0.25) is 0 Å². The third-order valence-electron chi connectivity index (χ3n) is 2.76. The van der Waals surface area contributed by atoms with E-state index in [9.17, 15) is 0 Å². The molecule has 0 heterocycles. The Morgan fingerprint density at radius 1 is 1.42 bits per heavy atom. The van der Waals surface area contributed by atoms with Gasteiger partial charge >= 0.3 is 0 Å². The summed E-state index contributed by atoms with van der Waals surface area (Å²) in [6.45, 7) is 8.41. The van der Waals surface area contributed by atoms with Crippen molar-refractivity contribution in [2.75, 3.05) is 30.3 Å². The minimum absolute atomic E-state index is 0.491. The molecule has 0 atom stereocenters. The number of nitrogen functional groups attached to an aromatic ring is 1. The molecule has 4 nitrogen and oxygen atoms in total. The van der Waals surface area contributed by atoms with Crippen LogP contribution in [0.3, 0.4) is 0 Å². The molecular formula is C15H23N3O. The standard InChI is InChI=1S/C15H23N3O/c1-4-19-14-8-5-7-13(15(14)17)18(10-6-9-16)11-12(2)3/h5,7-8,12H,4,6,10-11,17H2,1-3H3. The highest BCUT2D eigenvalue weighted by molar-refractivity contribution is 5.74. The first-order chi connectivity index (χ1) is 9.10. The van der Waals surface area contributed by atoms with E-state index in [2.05, 4.69) is 24.8 Å². The third kappa shape index (κ3) is 4.36. The Morgan fingerprint density at radius 2 is 2.16 bits per heavy atom. The Morgan fingerprint density at radius 3 is 2.74 bits per heavy atom. The van der Waals surface area contributed by atoms with Crippen LogP contribution in [0.25, 0.3) is 0 Å². The van der Waals surface area contributed by atoms with Gasteiger partial charge in [-0.2, -0.15) is 5.26 Å². The van der Waals surface area contributed by atoms with E-state index in [0.717, 1.165) is 12.2 Å². The molecular weight excluding hydrogens is 238 g/mol. The first-order valence-electron chi connectivity index (χ1n) is 6.73. The van der Waals surface area contributed by atoms with Crippen LogP contribution in [-0.2, 0) is 0 Å². The van der Waals surface area contributed by atoms with Gasteiger partial charge in [0.15, 0.2) is 0 Å². The lowest BCUT2D eigenvalue weighted by atomic mass is 10.1. The minimum Gasteiger partial charge on any atom is -0.492 e. The summed E-state index contributed by atoms with van der Waals surface area (Å²) in [5.41, 5.74) is 7.78. The number of anilines is 2. The average Bonchev–Trinajstić information content (AvgIpc) is 2.37. The molecule has 104 valence electrons. The molecule has 4 heteroatoms. The Labute approximate surface area is 115 Å². The Hall–Kier alpha value is -1.89. The summed E-state index contributed by atoms with van der Waals surface area (Å²) < 4.78 is 5.52. The first-order valence-corrected chi connectivity index (χ1v) is 6.73. The van der Waals surface area contributed by atoms with Gasteiger partial charge in [0.1, 0.15) is 5.75 Å². The lowest BCUT2D eigenvalue weighted by Crippen LogP contribution is -2.29. The van der Waals surface area contributed by atoms with Crippen LogP contribution in [0, 0.1) is 17.2 Å². The zero-order chi connectivity index (χ0) is 14.3. The van der Waals surface area contributed by atoms with Crippen LogP contribution in [0.4, 0.5) is 11.4 Å². The molecule has 2 N–H and O–H groups in total. The highest BCUT2D eigenvalue weighted by Crippen LogP contribution is 2.32. The number of benzene rings is 1. The Bertz CT molecular complexity index is 438. The summed E-state index contributed by atoms with van der Waals surface area (Å²) in [5, 5.41) is 8.77. The topological polar surface area (TPSA) is 62.3 Å². The number of nitrogens with zero attached hydrogens (tertiary/aromatic N) is 2. The van der Waals surface area contributed by atoms with E-state index in [4.69, 9.17) is 15.7 Å². The molecule has 19 heavy (non-hydrogen) atoms. The van der Waals surface area contributed by atoms with Gasteiger partial charge in [0.25, 0.3) is 0 Å². The summed E-state index contributed by atoms with van der Waals surface area (Å²) in [6, 6.07) is 7.99. The smallest absolute Gasteiger partial charge is 0.144 e. The fourth-order valence-electron chi connectivity index (χ4n) is 2.03. The monoisotopic (exact) mass is 261 g/mol. The highest BCUT2D eigenvalue weighted by Gasteiger charge is 2.14. The van der Waals surface area contributed by atoms with E-state index < -0.39 is 0 Å². The van der Waals surface area contributed by atoms with Crippen molar-refractivity contribution in [3.63, 3.8) is 0 Å². The SMILES string of the molecule is CCOc1cccc(N(CCC#N)CC(C)C)c1N. The average molecular weight is 261 g/mol. The van der Waals surface area contributed by atoms with Gasteiger partial charge in [0, 0.05) is 13.1 Å². The van der Waals surface area contributed by atoms with Gasteiger partial charge in [-0.1, -0.05) is 19.9 Å². The van der Waals surface area contributed by atoms with Crippen molar-refractivity contribution in [2.24, 2.45) is 5.92 Å². The molecule has 0 unspecified atom stereocenters. The van der Waals surface area contributed by atoms with E-state index >= 15 is 0 Å². The minimum atomic E-state index is 0.491. The molecule has 0 fully saturated rings. The molecule has 1 aromatic rings. The predicted octanol–water partition coefficient (Wildman–Crippen LogP) is 3.04. The molecule has 0 saturated heterocycles. The van der Waals surface area contributed by atoms with Crippen LogP contribution in [0.1, 0.15) is 27.2 Å². The number of hydrogen-bond donors (Lipinski definition) is 1. The Balaban J connectivity index is 3.00. The van der Waals surface area contributed by atoms with Gasteiger partial charge in [-0.05, 0) is 25.0 Å². The van der Waals surface area contributed by atoms with Crippen molar-refractivity contribution in [1.82, 2.24) is 0 Å². The van der Waals surface area contributed by atoms with Gasteiger partial charge in [0.2, 0.25) is 0 Å². The maximum Gasteiger partial charge on any atom is 0.144 e. The maximum absolute atomic E-state index is 8.77. The van der Waals surface area contributed by atoms with Crippen LogP contribution in [0.5, 0.6) is 5.75 Å². The van der Waals surface area contributed by atoms with E-state index in [-0.39, 0.29) is 0 Å². The van der Waals surface area contributed by atoms with Gasteiger partial charge in [-0.15, -0.1) is 0 Å². The Kier molecular flexibility index (Phi) is 6.01. The molecule has 1 aromatic carbocycles. The summed E-state index contributed by atoms with van der Waals surface area (Å²) in [4.78, 5) is 2.16. The second-order valence-electron chi connectivity index (χ2n) is 4.87. The van der Waals surface area contributed by atoms with Crippen molar-refractivity contribution < 1.29 is 4.74 Å². The molecule has 0 radical (unpaired) electrons. The largest absolute Gasteiger partial charge is 0.492 e. The predicted molar refractivity (Wildman–Crippen MR) is 79.3 cm³/mol. The van der Waals surface area contributed by atoms with Gasteiger partial charge in [0.05, 0.1) is 30.5 Å². The number of hydrogen-bond acceptors (Lipinski definition) is 4. The lowest BCUT2D eigenvalue weighted by molar-refractivity contribution is 0.342. The van der Waals surface area contributed by atoms with Crippen molar-refractivity contribution in [3.8, 4) is 11.8 Å². The second kappa shape index (κ2) is 7.52. The molecule has 0 bridgehead atoms. The molecule has 0 aliphatic heterocycles. The molecule has 0 spiro atoms. The van der Waals surface area contributed by atoms with E-state index in [0.29, 0.717) is 36.9 Å². The molecule has 0 aromatic heterocycles. The van der Waals surface area contributed by atoms with E-state index in [1.807, 2.05) is 25.1 Å². The van der Waals surface area contributed by atoms with Crippen LogP contribution in [0.15, 0.2) is 18.2 Å². The third-order valence-corrected chi connectivity index (χ3v) is 2.76. The van der Waals surface area contributed by atoms with E-state index in [1.54, 1.807) is 0 Å². The van der Waals surface area contributed by atoms with Gasteiger partial charge in [-0.25, -0.2) is 0 Å². The van der Waals surface area contributed by atoms with Crippen LogP contribution >= 0.6 is 0 Å². The second-order valence-corrected chi connectivity index (χ2v) is 4.87. The number of para-hydroxylation sites is 1. The molecule has 0 amide bonds. The van der Waals surface area contributed by atoms with Crippen molar-refractivity contribution in [1.29, 1.82) is 5.26 Å². The van der Waals surface area contributed by atoms with Crippen molar-refractivity contribution in [2.45, 2.75) is 27.2 Å². The number of nitrogens with two attached hydrogens (primary N) is 1. The molecule has 0 aliphatic carbocycles. The number of nitriles is 1. The fourth-order valence-corrected chi connectivity index (χ4v) is 2.03. The summed E-state index contributed by atoms with van der Waals surface area (Å²) in [6.07, 6.45) is 0.491. The van der Waals surface area contributed by atoms with Crippen molar-refractivity contribution in [3.05, 3.63) is 18.2 Å². The summed E-state index contributed by atoms with van der Waals surface area (Å²) in [7, 11) is 0. The maximum atomic E-state index is 8.77. The highest BCUT2D eigenvalue weighted by atomic mass is 16.5. The zero-order valence-corrected chi connectivity index (χ0v) is 12.0. The van der Waals surface area contributed by atoms with E-state index in [1.165, 1.54) is 0 Å². The molecule has 1 rings (SSSR count). The molecule has 0 aliphatic rings. The van der Waals surface area contributed by atoms with Crippen LogP contribution in [-0.4, -0.2) is 19.7 Å². The van der Waals surface area contributed by atoms with Crippen molar-refractivity contribution >= 4 is 11.4 Å². The molecule has 0 saturated carbocycles. The lowest BCUT2D eigenvalue weighted by Gasteiger charge is -2.27.